The lowest BCUT2D eigenvalue weighted by atomic mass is 9.85. The Kier molecular flexibility index (Phi) is 5.15. The van der Waals surface area contributed by atoms with Crippen molar-refractivity contribution < 1.29 is 14.7 Å². The van der Waals surface area contributed by atoms with Crippen LogP contribution in [-0.2, 0) is 15.0 Å². The van der Waals surface area contributed by atoms with Crippen molar-refractivity contribution in [2.75, 3.05) is 5.32 Å². The highest BCUT2D eigenvalue weighted by Crippen LogP contribution is 2.25. The molecule has 0 atom stereocenters. The number of carbonyl (C=O) groups excluding carboxylic acids is 1. The van der Waals surface area contributed by atoms with Gasteiger partial charge in [0.05, 0.1) is 5.41 Å². The first-order valence-electron chi connectivity index (χ1n) is 7.16. The quantitative estimate of drug-likeness (QED) is 0.866. The summed E-state index contributed by atoms with van der Waals surface area (Å²) in [7, 11) is 0. The third-order valence-electron chi connectivity index (χ3n) is 3.53. The molecule has 2 N–H and O–H groups in total. The van der Waals surface area contributed by atoms with E-state index >= 15 is 0 Å². The first-order valence-corrected chi connectivity index (χ1v) is 7.16. The molecular weight excluding hydrogens is 266 g/mol. The maximum Gasteiger partial charge on any atom is 0.313 e. The van der Waals surface area contributed by atoms with E-state index in [1.165, 1.54) is 0 Å². The van der Waals surface area contributed by atoms with Crippen molar-refractivity contribution in [2.24, 2.45) is 5.41 Å². The van der Waals surface area contributed by atoms with Gasteiger partial charge >= 0.3 is 5.97 Å². The lowest BCUT2D eigenvalue weighted by Gasteiger charge is -2.20. The first kappa shape index (κ1) is 17.2. The minimum atomic E-state index is -0.936. The molecule has 0 aromatic heterocycles. The monoisotopic (exact) mass is 291 g/mol. The van der Waals surface area contributed by atoms with Gasteiger partial charge in [-0.3, -0.25) is 9.59 Å². The zero-order chi connectivity index (χ0) is 16.3. The van der Waals surface area contributed by atoms with E-state index < -0.39 is 11.4 Å². The Balaban J connectivity index is 2.67. The summed E-state index contributed by atoms with van der Waals surface area (Å²) in [5, 5.41) is 12.0. The van der Waals surface area contributed by atoms with Crippen LogP contribution in [0.15, 0.2) is 24.3 Å². The highest BCUT2D eigenvalue weighted by Gasteiger charge is 2.29. The Morgan fingerprint density at radius 1 is 1.05 bits per heavy atom. The van der Waals surface area contributed by atoms with Crippen LogP contribution >= 0.6 is 0 Å². The summed E-state index contributed by atoms with van der Waals surface area (Å²) >= 11 is 0. The summed E-state index contributed by atoms with van der Waals surface area (Å²) < 4.78 is 0. The van der Waals surface area contributed by atoms with Gasteiger partial charge in [-0.05, 0) is 43.4 Å². The number of hydrogen-bond donors (Lipinski definition) is 2. The lowest BCUT2D eigenvalue weighted by Crippen LogP contribution is -2.28. The molecule has 0 aliphatic rings. The molecule has 0 saturated carbocycles. The zero-order valence-corrected chi connectivity index (χ0v) is 13.5. The van der Waals surface area contributed by atoms with Gasteiger partial charge in [0, 0.05) is 12.1 Å². The summed E-state index contributed by atoms with van der Waals surface area (Å²) in [5.41, 5.74) is 0.600. The topological polar surface area (TPSA) is 66.4 Å². The second-order valence-corrected chi connectivity index (χ2v) is 7.12. The van der Waals surface area contributed by atoms with Crippen LogP contribution in [0.4, 0.5) is 5.69 Å². The third kappa shape index (κ3) is 5.21. The van der Waals surface area contributed by atoms with Gasteiger partial charge in [-0.25, -0.2) is 0 Å². The van der Waals surface area contributed by atoms with Gasteiger partial charge in [0.15, 0.2) is 0 Å². The van der Waals surface area contributed by atoms with Gasteiger partial charge in [0.25, 0.3) is 0 Å². The van der Waals surface area contributed by atoms with E-state index in [1.54, 1.807) is 38.1 Å². The smallest absolute Gasteiger partial charge is 0.313 e. The molecule has 0 saturated heterocycles. The van der Waals surface area contributed by atoms with Crippen molar-refractivity contribution in [3.63, 3.8) is 0 Å². The van der Waals surface area contributed by atoms with Gasteiger partial charge in [0.1, 0.15) is 0 Å². The fourth-order valence-corrected chi connectivity index (χ4v) is 1.81. The Hall–Kier alpha value is -1.84. The molecule has 0 unspecified atom stereocenters. The van der Waals surface area contributed by atoms with E-state index in [0.29, 0.717) is 17.7 Å². The molecule has 0 aliphatic heterocycles. The number of carboxylic acids is 1. The van der Waals surface area contributed by atoms with Crippen molar-refractivity contribution in [1.82, 2.24) is 0 Å². The van der Waals surface area contributed by atoms with Gasteiger partial charge < -0.3 is 10.4 Å². The highest BCUT2D eigenvalue weighted by molar-refractivity contribution is 5.90. The Bertz CT molecular complexity index is 510. The van der Waals surface area contributed by atoms with Crippen molar-refractivity contribution in [2.45, 2.75) is 52.9 Å². The zero-order valence-electron chi connectivity index (χ0n) is 13.5. The summed E-state index contributed by atoms with van der Waals surface area (Å²) in [6.07, 6.45) is 1.30. The number of nitrogens with one attached hydrogen (secondary N) is 1. The number of rotatable bonds is 5. The Morgan fingerprint density at radius 2 is 1.57 bits per heavy atom. The average Bonchev–Trinajstić information content (AvgIpc) is 2.36. The van der Waals surface area contributed by atoms with Gasteiger partial charge in [0.2, 0.25) is 5.91 Å². The highest BCUT2D eigenvalue weighted by atomic mass is 16.4. The van der Waals surface area contributed by atoms with Crippen LogP contribution in [0.1, 0.15) is 53.0 Å². The van der Waals surface area contributed by atoms with Gasteiger partial charge in [-0.2, -0.15) is 0 Å². The van der Waals surface area contributed by atoms with Crippen molar-refractivity contribution in [3.05, 3.63) is 29.8 Å². The van der Waals surface area contributed by atoms with E-state index in [0.717, 1.165) is 6.42 Å². The van der Waals surface area contributed by atoms with Crippen LogP contribution in [0.3, 0.4) is 0 Å². The number of hydrogen-bond acceptors (Lipinski definition) is 2. The van der Waals surface area contributed by atoms with Crippen molar-refractivity contribution in [3.8, 4) is 0 Å². The normalized spacial score (nSPS) is 12.0. The fourth-order valence-electron chi connectivity index (χ4n) is 1.81. The Labute approximate surface area is 126 Å². The standard InChI is InChI=1S/C17H25NO3/c1-16(2,3)11-10-14(19)18-13-8-6-12(7-9-13)17(4,5)15(20)21/h6-9H,10-11H2,1-5H3,(H,18,19)(H,20,21). The molecule has 0 fully saturated rings. The van der Waals surface area contributed by atoms with Crippen LogP contribution in [0.2, 0.25) is 0 Å². The minimum absolute atomic E-state index is 0.0184. The predicted molar refractivity (Wildman–Crippen MR) is 84.4 cm³/mol. The van der Waals surface area contributed by atoms with E-state index in [2.05, 4.69) is 26.1 Å². The molecule has 1 rings (SSSR count). The van der Waals surface area contributed by atoms with Gasteiger partial charge in [-0.1, -0.05) is 32.9 Å². The van der Waals surface area contributed by atoms with E-state index in [9.17, 15) is 14.7 Å². The maximum absolute atomic E-state index is 11.8. The fraction of sp³-hybridized carbons (Fsp3) is 0.529. The number of amides is 1. The molecule has 0 aliphatic carbocycles. The summed E-state index contributed by atoms with van der Waals surface area (Å²) in [6, 6.07) is 6.98. The molecule has 0 bridgehead atoms. The largest absolute Gasteiger partial charge is 0.481 e. The second kappa shape index (κ2) is 6.29. The molecule has 21 heavy (non-hydrogen) atoms. The number of carbonyl (C=O) groups is 2. The molecule has 116 valence electrons. The molecule has 1 aromatic carbocycles. The maximum atomic E-state index is 11.8. The molecule has 4 heteroatoms. The van der Waals surface area contributed by atoms with Crippen LogP contribution in [0.25, 0.3) is 0 Å². The van der Waals surface area contributed by atoms with Crippen molar-refractivity contribution >= 4 is 17.6 Å². The van der Waals surface area contributed by atoms with Gasteiger partial charge in [-0.15, -0.1) is 0 Å². The molecular formula is C17H25NO3. The Morgan fingerprint density at radius 3 is 2.00 bits per heavy atom. The number of anilines is 1. The summed E-state index contributed by atoms with van der Waals surface area (Å²) in [5.74, 6) is -0.889. The minimum Gasteiger partial charge on any atom is -0.481 e. The molecule has 0 radical (unpaired) electrons. The lowest BCUT2D eigenvalue weighted by molar-refractivity contribution is -0.142. The summed E-state index contributed by atoms with van der Waals surface area (Å²) in [4.78, 5) is 23.0. The van der Waals surface area contributed by atoms with E-state index in [-0.39, 0.29) is 11.3 Å². The second-order valence-electron chi connectivity index (χ2n) is 7.12. The number of benzene rings is 1. The third-order valence-corrected chi connectivity index (χ3v) is 3.53. The number of carboxylic acid groups (broad SMARTS) is 1. The summed E-state index contributed by atoms with van der Waals surface area (Å²) in [6.45, 7) is 9.62. The number of aliphatic carboxylic acids is 1. The molecule has 0 heterocycles. The molecule has 4 nitrogen and oxygen atoms in total. The SMILES string of the molecule is CC(C)(C)CCC(=O)Nc1ccc(C(C)(C)C(=O)O)cc1. The van der Waals surface area contributed by atoms with Crippen LogP contribution in [-0.4, -0.2) is 17.0 Å². The average molecular weight is 291 g/mol. The first-order chi connectivity index (χ1) is 9.52. The molecule has 1 aromatic rings. The predicted octanol–water partition coefficient (Wildman–Crippen LogP) is 3.81. The van der Waals surface area contributed by atoms with Crippen LogP contribution < -0.4 is 5.32 Å². The van der Waals surface area contributed by atoms with Crippen LogP contribution in [0.5, 0.6) is 0 Å². The molecule has 0 spiro atoms. The van der Waals surface area contributed by atoms with Crippen molar-refractivity contribution in [1.29, 1.82) is 0 Å². The van der Waals surface area contributed by atoms with Crippen LogP contribution in [0, 0.1) is 5.41 Å². The van der Waals surface area contributed by atoms with E-state index in [4.69, 9.17) is 0 Å². The molecule has 1 amide bonds. The van der Waals surface area contributed by atoms with E-state index in [1.807, 2.05) is 0 Å².